The van der Waals surface area contributed by atoms with Gasteiger partial charge in [0.05, 0.1) is 17.4 Å². The summed E-state index contributed by atoms with van der Waals surface area (Å²) < 4.78 is 0. The quantitative estimate of drug-likeness (QED) is 0.531. The lowest BCUT2D eigenvalue weighted by Crippen LogP contribution is -2.37. The maximum Gasteiger partial charge on any atom is 0.313 e. The van der Waals surface area contributed by atoms with E-state index in [2.05, 4.69) is 39.3 Å². The number of anilines is 1. The Morgan fingerprint density at radius 2 is 2.00 bits per heavy atom. The van der Waals surface area contributed by atoms with Crippen molar-refractivity contribution < 1.29 is 9.59 Å². The zero-order valence-electron chi connectivity index (χ0n) is 13.6. The van der Waals surface area contributed by atoms with E-state index in [1.54, 1.807) is 24.5 Å². The molecule has 2 rings (SSSR count). The molecule has 0 fully saturated rings. The minimum absolute atomic E-state index is 0.488. The number of aromatic nitrogens is 2. The molecule has 1 aromatic heterocycles. The minimum atomic E-state index is -0.660. The van der Waals surface area contributed by atoms with Crippen LogP contribution in [0.25, 0.3) is 11.0 Å². The fraction of sp³-hybridized carbons (Fsp3) is 0.438. The van der Waals surface area contributed by atoms with Crippen molar-refractivity contribution in [2.75, 3.05) is 31.5 Å². The highest BCUT2D eigenvalue weighted by atomic mass is 16.2. The van der Waals surface area contributed by atoms with Crippen molar-refractivity contribution in [1.82, 2.24) is 20.2 Å². The molecule has 0 aliphatic rings. The van der Waals surface area contributed by atoms with Crippen LogP contribution in [0, 0.1) is 0 Å². The number of rotatable bonds is 7. The highest BCUT2D eigenvalue weighted by Crippen LogP contribution is 2.15. The maximum atomic E-state index is 11.9. The molecule has 0 atom stereocenters. The van der Waals surface area contributed by atoms with Crippen molar-refractivity contribution in [1.29, 1.82) is 0 Å². The Kier molecular flexibility index (Phi) is 6.10. The number of hydrogen-bond acceptors (Lipinski definition) is 4. The zero-order valence-corrected chi connectivity index (χ0v) is 13.6. The number of hydrogen-bond donors (Lipinski definition) is 3. The Bertz CT molecular complexity index is 663. The van der Waals surface area contributed by atoms with Crippen LogP contribution in [0.5, 0.6) is 0 Å². The summed E-state index contributed by atoms with van der Waals surface area (Å²) in [5.74, 6) is -1.28. The second kappa shape index (κ2) is 8.28. The highest BCUT2D eigenvalue weighted by molar-refractivity contribution is 6.39. The monoisotopic (exact) mass is 317 g/mol. The van der Waals surface area contributed by atoms with Crippen LogP contribution in [0.4, 0.5) is 5.69 Å². The summed E-state index contributed by atoms with van der Waals surface area (Å²) in [6, 6.07) is 5.24. The molecule has 1 aromatic carbocycles. The normalized spacial score (nSPS) is 10.9. The van der Waals surface area contributed by atoms with Crippen molar-refractivity contribution in [3.8, 4) is 0 Å². The lowest BCUT2D eigenvalue weighted by Gasteiger charge is -2.17. The first kappa shape index (κ1) is 17.0. The molecule has 7 nitrogen and oxygen atoms in total. The topological polar surface area (TPSA) is 90.1 Å². The molecule has 0 saturated carbocycles. The van der Waals surface area contributed by atoms with Gasteiger partial charge in [0.1, 0.15) is 0 Å². The second-order valence-corrected chi connectivity index (χ2v) is 5.22. The van der Waals surface area contributed by atoms with Gasteiger partial charge in [0.2, 0.25) is 0 Å². The largest absolute Gasteiger partial charge is 0.348 e. The van der Waals surface area contributed by atoms with Crippen LogP contribution in [0.1, 0.15) is 20.3 Å². The van der Waals surface area contributed by atoms with Gasteiger partial charge in [-0.15, -0.1) is 0 Å². The van der Waals surface area contributed by atoms with E-state index in [1.807, 2.05) is 0 Å². The van der Waals surface area contributed by atoms with E-state index in [9.17, 15) is 9.59 Å². The van der Waals surface area contributed by atoms with Gasteiger partial charge in [-0.25, -0.2) is 4.98 Å². The predicted octanol–water partition coefficient (Wildman–Crippen LogP) is 1.35. The van der Waals surface area contributed by atoms with Gasteiger partial charge in [-0.1, -0.05) is 13.8 Å². The van der Waals surface area contributed by atoms with Gasteiger partial charge < -0.3 is 20.5 Å². The molecular formula is C16H23N5O2. The van der Waals surface area contributed by atoms with Crippen molar-refractivity contribution in [3.05, 3.63) is 24.5 Å². The third-order valence-corrected chi connectivity index (χ3v) is 3.72. The number of carbonyl (C=O) groups is 2. The highest BCUT2D eigenvalue weighted by Gasteiger charge is 2.13. The third-order valence-electron chi connectivity index (χ3n) is 3.72. The molecule has 124 valence electrons. The maximum absolute atomic E-state index is 11.9. The van der Waals surface area contributed by atoms with Gasteiger partial charge in [-0.2, -0.15) is 0 Å². The standard InChI is InChI=1S/C16H23N5O2/c1-3-21(4-2)9-5-8-17-15(22)16(23)20-12-6-7-13-14(10-12)19-11-18-13/h6-7,10-11H,3-5,8-9H2,1-2H3,(H,17,22)(H,18,19)(H,20,23). The summed E-state index contributed by atoms with van der Waals surface area (Å²) in [6.07, 6.45) is 2.40. The number of imidazole rings is 1. The first-order valence-electron chi connectivity index (χ1n) is 7.88. The average molecular weight is 317 g/mol. The zero-order chi connectivity index (χ0) is 16.7. The van der Waals surface area contributed by atoms with Crippen LogP contribution in [-0.2, 0) is 9.59 Å². The fourth-order valence-corrected chi connectivity index (χ4v) is 2.33. The molecule has 23 heavy (non-hydrogen) atoms. The molecule has 0 bridgehead atoms. The molecule has 2 aromatic rings. The van der Waals surface area contributed by atoms with Crippen molar-refractivity contribution in [3.63, 3.8) is 0 Å². The number of aromatic amines is 1. The average Bonchev–Trinajstić information content (AvgIpc) is 3.02. The van der Waals surface area contributed by atoms with Gasteiger partial charge >= 0.3 is 11.8 Å². The summed E-state index contributed by atoms with van der Waals surface area (Å²) in [5, 5.41) is 5.23. The molecule has 2 amide bonds. The first-order chi connectivity index (χ1) is 11.1. The molecule has 1 heterocycles. The Labute approximate surface area is 135 Å². The summed E-state index contributed by atoms with van der Waals surface area (Å²) in [7, 11) is 0. The SMILES string of the molecule is CCN(CC)CCCNC(=O)C(=O)Nc1ccc2nc[nH]c2c1. The van der Waals surface area contributed by atoms with Crippen molar-refractivity contribution in [2.45, 2.75) is 20.3 Å². The summed E-state index contributed by atoms with van der Waals surface area (Å²) >= 11 is 0. The molecule has 3 N–H and O–H groups in total. The molecule has 0 aliphatic carbocycles. The molecular weight excluding hydrogens is 294 g/mol. The smallest absolute Gasteiger partial charge is 0.313 e. The van der Waals surface area contributed by atoms with E-state index in [0.717, 1.165) is 37.1 Å². The number of carbonyl (C=O) groups excluding carboxylic acids is 2. The van der Waals surface area contributed by atoms with E-state index in [0.29, 0.717) is 12.2 Å². The van der Waals surface area contributed by atoms with Gasteiger partial charge in [0.15, 0.2) is 0 Å². The van der Waals surface area contributed by atoms with E-state index in [4.69, 9.17) is 0 Å². The number of fused-ring (bicyclic) bond motifs is 1. The Balaban J connectivity index is 1.77. The van der Waals surface area contributed by atoms with E-state index >= 15 is 0 Å². The van der Waals surface area contributed by atoms with Crippen LogP contribution in [0.3, 0.4) is 0 Å². The summed E-state index contributed by atoms with van der Waals surface area (Å²) in [6.45, 7) is 7.58. The second-order valence-electron chi connectivity index (χ2n) is 5.22. The Hall–Kier alpha value is -2.41. The Morgan fingerprint density at radius 1 is 1.22 bits per heavy atom. The van der Waals surface area contributed by atoms with Gasteiger partial charge in [0, 0.05) is 12.2 Å². The molecule has 7 heteroatoms. The van der Waals surface area contributed by atoms with Gasteiger partial charge in [0.25, 0.3) is 0 Å². The molecule has 0 spiro atoms. The third kappa shape index (κ3) is 4.79. The van der Waals surface area contributed by atoms with Crippen molar-refractivity contribution in [2.24, 2.45) is 0 Å². The number of amides is 2. The molecule has 0 unspecified atom stereocenters. The summed E-state index contributed by atoms with van der Waals surface area (Å²) in [5.41, 5.74) is 2.18. The number of nitrogens with zero attached hydrogens (tertiary/aromatic N) is 2. The van der Waals surface area contributed by atoms with Crippen LogP contribution >= 0.6 is 0 Å². The van der Waals surface area contributed by atoms with Crippen LogP contribution in [0.2, 0.25) is 0 Å². The number of nitrogens with one attached hydrogen (secondary N) is 3. The summed E-state index contributed by atoms with van der Waals surface area (Å²) in [4.78, 5) is 33.0. The van der Waals surface area contributed by atoms with Gasteiger partial charge in [-0.3, -0.25) is 9.59 Å². The van der Waals surface area contributed by atoms with E-state index in [1.165, 1.54) is 0 Å². The lowest BCUT2D eigenvalue weighted by atomic mass is 10.2. The number of H-pyrrole nitrogens is 1. The lowest BCUT2D eigenvalue weighted by molar-refractivity contribution is -0.136. The minimum Gasteiger partial charge on any atom is -0.348 e. The predicted molar refractivity (Wildman–Crippen MR) is 90.1 cm³/mol. The van der Waals surface area contributed by atoms with Crippen molar-refractivity contribution >= 4 is 28.5 Å². The Morgan fingerprint density at radius 3 is 2.74 bits per heavy atom. The van der Waals surface area contributed by atoms with E-state index in [-0.39, 0.29) is 0 Å². The number of benzene rings is 1. The molecule has 0 aliphatic heterocycles. The van der Waals surface area contributed by atoms with Gasteiger partial charge in [-0.05, 0) is 44.3 Å². The van der Waals surface area contributed by atoms with Crippen LogP contribution in [-0.4, -0.2) is 52.9 Å². The first-order valence-corrected chi connectivity index (χ1v) is 7.88. The van der Waals surface area contributed by atoms with Crippen LogP contribution in [0.15, 0.2) is 24.5 Å². The fourth-order valence-electron chi connectivity index (χ4n) is 2.33. The molecule has 0 saturated heterocycles. The van der Waals surface area contributed by atoms with E-state index < -0.39 is 11.8 Å². The molecule has 0 radical (unpaired) electrons. The van der Waals surface area contributed by atoms with Crippen LogP contribution < -0.4 is 10.6 Å².